The Bertz CT molecular complexity index is 471. The average Bonchev–Trinajstić information content (AvgIpc) is 2.32. The fraction of sp³-hybridized carbons (Fsp3) is 0.462. The van der Waals surface area contributed by atoms with Crippen molar-refractivity contribution in [2.75, 3.05) is 6.61 Å². The first-order valence-electron chi connectivity index (χ1n) is 5.56. The number of benzene rings is 1. The zero-order chi connectivity index (χ0) is 12.5. The van der Waals surface area contributed by atoms with Crippen molar-refractivity contribution in [1.82, 2.24) is 0 Å². The molecule has 0 aliphatic carbocycles. The van der Waals surface area contributed by atoms with Gasteiger partial charge in [-0.05, 0) is 41.8 Å². The zero-order valence-corrected chi connectivity index (χ0v) is 11.1. The number of ether oxygens (including phenoxy) is 1. The minimum Gasteiger partial charge on any atom is -0.378 e. The molecule has 0 saturated carbocycles. The van der Waals surface area contributed by atoms with E-state index in [4.69, 9.17) is 4.74 Å². The molecule has 17 heavy (non-hydrogen) atoms. The van der Waals surface area contributed by atoms with Crippen molar-refractivity contribution in [3.05, 3.63) is 34.1 Å². The van der Waals surface area contributed by atoms with Crippen molar-refractivity contribution in [2.45, 2.75) is 31.3 Å². The smallest absolute Gasteiger partial charge is 0.142 e. The molecule has 1 heterocycles. The topological polar surface area (TPSA) is 33.0 Å². The number of hydrogen-bond donors (Lipinski definition) is 0. The Morgan fingerprint density at radius 3 is 3.00 bits per heavy atom. The van der Waals surface area contributed by atoms with E-state index >= 15 is 0 Å². The molecule has 2 atom stereocenters. The van der Waals surface area contributed by atoms with Gasteiger partial charge >= 0.3 is 0 Å². The summed E-state index contributed by atoms with van der Waals surface area (Å²) in [6, 6.07) is 7.40. The van der Waals surface area contributed by atoms with Gasteiger partial charge < -0.3 is 4.74 Å². The molecule has 1 aromatic rings. The third-order valence-corrected chi connectivity index (χ3v) is 3.86. The van der Waals surface area contributed by atoms with Crippen LogP contribution in [0.3, 0.4) is 0 Å². The number of nitrogens with zero attached hydrogens (tertiary/aromatic N) is 1. The van der Waals surface area contributed by atoms with Crippen LogP contribution in [0.2, 0.25) is 0 Å². The molecule has 0 aromatic heterocycles. The zero-order valence-electron chi connectivity index (χ0n) is 9.54. The first kappa shape index (κ1) is 12.5. The second-order valence-electron chi connectivity index (χ2n) is 4.43. The van der Waals surface area contributed by atoms with Gasteiger partial charge in [-0.15, -0.1) is 0 Å². The summed E-state index contributed by atoms with van der Waals surface area (Å²) in [7, 11) is 0. The summed E-state index contributed by atoms with van der Waals surface area (Å²) in [4.78, 5) is 0. The van der Waals surface area contributed by atoms with Crippen molar-refractivity contribution in [2.24, 2.45) is 0 Å². The molecule has 0 spiro atoms. The molecule has 1 aromatic carbocycles. The van der Waals surface area contributed by atoms with Gasteiger partial charge in [-0.3, -0.25) is 0 Å². The largest absolute Gasteiger partial charge is 0.378 e. The second kappa shape index (κ2) is 4.75. The summed E-state index contributed by atoms with van der Waals surface area (Å²) in [5, 5.41) is 9.44. The quantitative estimate of drug-likeness (QED) is 0.794. The van der Waals surface area contributed by atoms with Gasteiger partial charge in [0.15, 0.2) is 0 Å². The Morgan fingerprint density at radius 2 is 2.35 bits per heavy atom. The van der Waals surface area contributed by atoms with E-state index < -0.39 is 5.41 Å². The van der Waals surface area contributed by atoms with Gasteiger partial charge in [-0.2, -0.15) is 5.26 Å². The highest BCUT2D eigenvalue weighted by Gasteiger charge is 2.39. The van der Waals surface area contributed by atoms with Gasteiger partial charge in [0.05, 0.1) is 22.1 Å². The molecule has 0 N–H and O–H groups in total. The minimum atomic E-state index is -0.758. The van der Waals surface area contributed by atoms with Crippen molar-refractivity contribution in [1.29, 1.82) is 5.26 Å². The van der Waals surface area contributed by atoms with E-state index in [9.17, 15) is 9.65 Å². The van der Waals surface area contributed by atoms with Crippen LogP contribution in [0.1, 0.15) is 25.3 Å². The van der Waals surface area contributed by atoms with E-state index in [-0.39, 0.29) is 11.9 Å². The Morgan fingerprint density at radius 1 is 1.59 bits per heavy atom. The van der Waals surface area contributed by atoms with E-state index in [1.165, 1.54) is 0 Å². The highest BCUT2D eigenvalue weighted by Crippen LogP contribution is 2.39. The molecule has 1 aliphatic rings. The van der Waals surface area contributed by atoms with Crippen molar-refractivity contribution < 1.29 is 9.13 Å². The van der Waals surface area contributed by atoms with Crippen LogP contribution < -0.4 is 0 Å². The van der Waals surface area contributed by atoms with Crippen LogP contribution in [0.15, 0.2) is 22.7 Å². The maximum Gasteiger partial charge on any atom is 0.142 e. The first-order valence-corrected chi connectivity index (χ1v) is 6.36. The van der Waals surface area contributed by atoms with Gasteiger partial charge in [0.25, 0.3) is 0 Å². The van der Waals surface area contributed by atoms with Crippen LogP contribution in [0.4, 0.5) is 4.39 Å². The molecule has 0 bridgehead atoms. The molecule has 4 heteroatoms. The summed E-state index contributed by atoms with van der Waals surface area (Å²) in [5.41, 5.74) is -0.282. The maximum atomic E-state index is 14.1. The molecule has 0 radical (unpaired) electrons. The van der Waals surface area contributed by atoms with Crippen LogP contribution >= 0.6 is 15.9 Å². The van der Waals surface area contributed by atoms with E-state index in [1.54, 1.807) is 18.2 Å². The van der Waals surface area contributed by atoms with E-state index in [2.05, 4.69) is 22.0 Å². The molecule has 1 aliphatic heterocycles. The Hall–Kier alpha value is -0.920. The SMILES string of the molecule is C[C@H]1C[C@](C#N)(c2cccc(Br)c2F)CCO1. The van der Waals surface area contributed by atoms with Crippen molar-refractivity contribution in [3.63, 3.8) is 0 Å². The molecular weight excluding hydrogens is 285 g/mol. The lowest BCUT2D eigenvalue weighted by molar-refractivity contribution is 0.00282. The Labute approximate surface area is 109 Å². The van der Waals surface area contributed by atoms with E-state index in [1.807, 2.05) is 6.92 Å². The predicted molar refractivity (Wildman–Crippen MR) is 66.0 cm³/mol. The third-order valence-electron chi connectivity index (χ3n) is 3.25. The van der Waals surface area contributed by atoms with Crippen LogP contribution in [-0.2, 0) is 10.2 Å². The molecule has 0 unspecified atom stereocenters. The predicted octanol–water partition coefficient (Wildman–Crippen LogP) is 3.55. The monoisotopic (exact) mass is 297 g/mol. The number of hydrogen-bond acceptors (Lipinski definition) is 2. The van der Waals surface area contributed by atoms with Crippen LogP contribution in [0.25, 0.3) is 0 Å². The highest BCUT2D eigenvalue weighted by molar-refractivity contribution is 9.10. The Kier molecular flexibility index (Phi) is 3.50. The summed E-state index contributed by atoms with van der Waals surface area (Å²) < 4.78 is 20.0. The van der Waals surface area contributed by atoms with Gasteiger partial charge in [0.1, 0.15) is 5.82 Å². The van der Waals surface area contributed by atoms with Gasteiger partial charge in [-0.25, -0.2) is 4.39 Å². The lowest BCUT2D eigenvalue weighted by Gasteiger charge is -2.35. The second-order valence-corrected chi connectivity index (χ2v) is 5.29. The molecule has 0 amide bonds. The summed E-state index contributed by atoms with van der Waals surface area (Å²) in [6.45, 7) is 2.42. The summed E-state index contributed by atoms with van der Waals surface area (Å²) in [5.74, 6) is -0.330. The van der Waals surface area contributed by atoms with Crippen LogP contribution in [0, 0.1) is 17.1 Å². The number of rotatable bonds is 1. The number of halogens is 2. The Balaban J connectivity index is 2.48. The maximum absolute atomic E-state index is 14.1. The van der Waals surface area contributed by atoms with Gasteiger partial charge in [0.2, 0.25) is 0 Å². The molecule has 2 rings (SSSR count). The van der Waals surface area contributed by atoms with Gasteiger partial charge in [0, 0.05) is 12.2 Å². The van der Waals surface area contributed by atoms with Crippen molar-refractivity contribution >= 4 is 15.9 Å². The fourth-order valence-electron chi connectivity index (χ4n) is 2.37. The average molecular weight is 298 g/mol. The fourth-order valence-corrected chi connectivity index (χ4v) is 2.73. The van der Waals surface area contributed by atoms with Gasteiger partial charge in [-0.1, -0.05) is 12.1 Å². The molecule has 2 nitrogen and oxygen atoms in total. The van der Waals surface area contributed by atoms with E-state index in [0.29, 0.717) is 29.5 Å². The summed E-state index contributed by atoms with van der Waals surface area (Å²) >= 11 is 3.17. The normalized spacial score (nSPS) is 28.7. The molecule has 90 valence electrons. The standard InChI is InChI=1S/C13H13BrFNO/c1-9-7-13(8-16,5-6-17-9)10-3-2-4-11(14)12(10)15/h2-4,9H,5-7H2,1H3/t9-,13+/m0/s1. The van der Waals surface area contributed by atoms with Crippen LogP contribution in [0.5, 0.6) is 0 Å². The van der Waals surface area contributed by atoms with E-state index in [0.717, 1.165) is 0 Å². The lowest BCUT2D eigenvalue weighted by Crippen LogP contribution is -2.37. The van der Waals surface area contributed by atoms with Crippen LogP contribution in [-0.4, -0.2) is 12.7 Å². The lowest BCUT2D eigenvalue weighted by atomic mass is 9.73. The molecule has 1 fully saturated rings. The highest BCUT2D eigenvalue weighted by atomic mass is 79.9. The minimum absolute atomic E-state index is 0.0122. The summed E-state index contributed by atoms with van der Waals surface area (Å²) in [6.07, 6.45) is 1.07. The molecular formula is C13H13BrFNO. The van der Waals surface area contributed by atoms with Crippen molar-refractivity contribution in [3.8, 4) is 6.07 Å². The first-order chi connectivity index (χ1) is 8.09. The molecule has 1 saturated heterocycles. The third kappa shape index (κ3) is 2.22. The number of nitriles is 1.